The molecule has 0 radical (unpaired) electrons. The summed E-state index contributed by atoms with van der Waals surface area (Å²) in [6.45, 7) is 0. The van der Waals surface area contributed by atoms with Crippen molar-refractivity contribution in [3.05, 3.63) is 83.9 Å². The SMILES string of the molecule is O=S(=O)(Nc1ccc(Oc2ccccc2)cc1)c1ccc(Cl)cc1. The minimum atomic E-state index is -3.65. The summed E-state index contributed by atoms with van der Waals surface area (Å²) in [5.41, 5.74) is 0.449. The number of hydrogen-bond acceptors (Lipinski definition) is 3. The van der Waals surface area contributed by atoms with Crippen molar-refractivity contribution in [3.63, 3.8) is 0 Å². The maximum Gasteiger partial charge on any atom is 0.261 e. The highest BCUT2D eigenvalue weighted by Gasteiger charge is 2.13. The molecule has 122 valence electrons. The molecule has 0 aliphatic rings. The van der Waals surface area contributed by atoms with Gasteiger partial charge >= 0.3 is 0 Å². The highest BCUT2D eigenvalue weighted by molar-refractivity contribution is 7.92. The largest absolute Gasteiger partial charge is 0.457 e. The van der Waals surface area contributed by atoms with E-state index in [1.807, 2.05) is 30.3 Å². The van der Waals surface area contributed by atoms with Gasteiger partial charge in [-0.1, -0.05) is 29.8 Å². The van der Waals surface area contributed by atoms with Crippen LogP contribution in [0.4, 0.5) is 5.69 Å². The molecule has 1 N–H and O–H groups in total. The van der Waals surface area contributed by atoms with Crippen LogP contribution in [0.3, 0.4) is 0 Å². The molecule has 0 atom stereocenters. The van der Waals surface area contributed by atoms with Crippen LogP contribution in [0.25, 0.3) is 0 Å². The normalized spacial score (nSPS) is 11.0. The molecule has 0 amide bonds. The van der Waals surface area contributed by atoms with E-state index in [2.05, 4.69) is 4.72 Å². The number of hydrogen-bond donors (Lipinski definition) is 1. The van der Waals surface area contributed by atoms with Crippen molar-refractivity contribution in [2.75, 3.05) is 4.72 Å². The Morgan fingerprint density at radius 2 is 1.33 bits per heavy atom. The quantitative estimate of drug-likeness (QED) is 0.702. The molecule has 0 aliphatic carbocycles. The van der Waals surface area contributed by atoms with Crippen LogP contribution >= 0.6 is 11.6 Å². The van der Waals surface area contributed by atoms with Crippen molar-refractivity contribution in [2.24, 2.45) is 0 Å². The highest BCUT2D eigenvalue weighted by Crippen LogP contribution is 2.24. The number of rotatable bonds is 5. The first-order valence-electron chi connectivity index (χ1n) is 7.14. The molecule has 0 unspecified atom stereocenters. The van der Waals surface area contributed by atoms with Gasteiger partial charge in [0, 0.05) is 10.7 Å². The molecule has 0 spiro atoms. The van der Waals surface area contributed by atoms with Gasteiger partial charge < -0.3 is 4.74 Å². The van der Waals surface area contributed by atoms with Gasteiger partial charge in [0.2, 0.25) is 0 Å². The Hall–Kier alpha value is -2.50. The van der Waals surface area contributed by atoms with Gasteiger partial charge in [-0.25, -0.2) is 8.42 Å². The Kier molecular flexibility index (Phi) is 4.74. The molecular weight excluding hydrogens is 346 g/mol. The summed E-state index contributed by atoms with van der Waals surface area (Å²) in [4.78, 5) is 0.150. The third-order valence-corrected chi connectivity index (χ3v) is 4.86. The van der Waals surface area contributed by atoms with Gasteiger partial charge in [-0.3, -0.25) is 4.72 Å². The van der Waals surface area contributed by atoms with Crippen LogP contribution in [0.15, 0.2) is 83.8 Å². The molecule has 4 nitrogen and oxygen atoms in total. The number of nitrogens with one attached hydrogen (secondary N) is 1. The Morgan fingerprint density at radius 3 is 1.96 bits per heavy atom. The lowest BCUT2D eigenvalue weighted by atomic mass is 10.3. The molecule has 6 heteroatoms. The van der Waals surface area contributed by atoms with E-state index in [0.29, 0.717) is 22.2 Å². The first kappa shape index (κ1) is 16.4. The lowest BCUT2D eigenvalue weighted by Gasteiger charge is -2.10. The lowest BCUT2D eigenvalue weighted by Crippen LogP contribution is -2.12. The molecule has 0 bridgehead atoms. The number of para-hydroxylation sites is 1. The molecule has 0 fully saturated rings. The summed E-state index contributed by atoms with van der Waals surface area (Å²) in [5.74, 6) is 1.34. The fourth-order valence-corrected chi connectivity index (χ4v) is 3.23. The zero-order valence-corrected chi connectivity index (χ0v) is 14.1. The summed E-state index contributed by atoms with van der Waals surface area (Å²) < 4.78 is 32.8. The van der Waals surface area contributed by atoms with Crippen LogP contribution in [0.2, 0.25) is 5.02 Å². The van der Waals surface area contributed by atoms with Crippen LogP contribution in [-0.2, 0) is 10.0 Å². The van der Waals surface area contributed by atoms with Crippen molar-refractivity contribution in [1.82, 2.24) is 0 Å². The van der Waals surface area contributed by atoms with Crippen molar-refractivity contribution >= 4 is 27.3 Å². The van der Waals surface area contributed by atoms with Crippen molar-refractivity contribution in [3.8, 4) is 11.5 Å². The molecule has 24 heavy (non-hydrogen) atoms. The molecule has 3 aromatic carbocycles. The van der Waals surface area contributed by atoms with E-state index in [1.165, 1.54) is 24.3 Å². The maximum absolute atomic E-state index is 12.3. The van der Waals surface area contributed by atoms with Gasteiger partial charge in [0.15, 0.2) is 0 Å². The number of anilines is 1. The minimum Gasteiger partial charge on any atom is -0.457 e. The predicted molar refractivity (Wildman–Crippen MR) is 95.2 cm³/mol. The van der Waals surface area contributed by atoms with Crippen LogP contribution in [-0.4, -0.2) is 8.42 Å². The average Bonchev–Trinajstić information content (AvgIpc) is 2.58. The van der Waals surface area contributed by atoms with E-state index < -0.39 is 10.0 Å². The fourth-order valence-electron chi connectivity index (χ4n) is 2.04. The molecule has 0 heterocycles. The predicted octanol–water partition coefficient (Wildman–Crippen LogP) is 4.93. The van der Waals surface area contributed by atoms with Gasteiger partial charge in [-0.15, -0.1) is 0 Å². The third-order valence-electron chi connectivity index (χ3n) is 3.21. The minimum absolute atomic E-state index is 0.150. The van der Waals surface area contributed by atoms with Gasteiger partial charge in [0.1, 0.15) is 11.5 Å². The Morgan fingerprint density at radius 1 is 0.750 bits per heavy atom. The van der Waals surface area contributed by atoms with Gasteiger partial charge in [-0.2, -0.15) is 0 Å². The molecule has 0 saturated heterocycles. The summed E-state index contributed by atoms with van der Waals surface area (Å²) in [6.07, 6.45) is 0. The number of halogens is 1. The monoisotopic (exact) mass is 359 g/mol. The molecule has 0 aromatic heterocycles. The first-order valence-corrected chi connectivity index (χ1v) is 9.00. The van der Waals surface area contributed by atoms with Gasteiger partial charge in [-0.05, 0) is 60.7 Å². The number of benzene rings is 3. The topological polar surface area (TPSA) is 55.4 Å². The van der Waals surface area contributed by atoms with E-state index in [9.17, 15) is 8.42 Å². The molecule has 3 aromatic rings. The van der Waals surface area contributed by atoms with Crippen LogP contribution < -0.4 is 9.46 Å². The van der Waals surface area contributed by atoms with Crippen LogP contribution in [0.5, 0.6) is 11.5 Å². The van der Waals surface area contributed by atoms with E-state index in [-0.39, 0.29) is 4.90 Å². The Balaban J connectivity index is 1.73. The zero-order chi connectivity index (χ0) is 17.0. The van der Waals surface area contributed by atoms with E-state index in [1.54, 1.807) is 24.3 Å². The third kappa shape index (κ3) is 4.07. The standard InChI is InChI=1S/C18H14ClNO3S/c19-14-6-12-18(13-7-14)24(21,22)20-15-8-10-17(11-9-15)23-16-4-2-1-3-5-16/h1-13,20H. The van der Waals surface area contributed by atoms with E-state index in [4.69, 9.17) is 16.3 Å². The highest BCUT2D eigenvalue weighted by atomic mass is 35.5. The lowest BCUT2D eigenvalue weighted by molar-refractivity contribution is 0.483. The first-order chi connectivity index (χ1) is 11.5. The summed E-state index contributed by atoms with van der Waals surface area (Å²) >= 11 is 5.78. The summed E-state index contributed by atoms with van der Waals surface area (Å²) in [6, 6.07) is 22.0. The van der Waals surface area contributed by atoms with Crippen LogP contribution in [0, 0.1) is 0 Å². The van der Waals surface area contributed by atoms with Gasteiger partial charge in [0.25, 0.3) is 10.0 Å². The van der Waals surface area contributed by atoms with E-state index >= 15 is 0 Å². The fraction of sp³-hybridized carbons (Fsp3) is 0. The molecular formula is C18H14ClNO3S. The second-order valence-corrected chi connectivity index (χ2v) is 7.12. The Bertz CT molecular complexity index is 909. The zero-order valence-electron chi connectivity index (χ0n) is 12.5. The molecule has 0 aliphatic heterocycles. The maximum atomic E-state index is 12.3. The number of sulfonamides is 1. The Labute approximate surface area is 145 Å². The molecule has 3 rings (SSSR count). The average molecular weight is 360 g/mol. The van der Waals surface area contributed by atoms with Crippen molar-refractivity contribution in [2.45, 2.75) is 4.90 Å². The second-order valence-electron chi connectivity index (χ2n) is 5.00. The second kappa shape index (κ2) is 6.95. The summed E-state index contributed by atoms with van der Waals surface area (Å²) in [5, 5.41) is 0.483. The van der Waals surface area contributed by atoms with Gasteiger partial charge in [0.05, 0.1) is 4.90 Å². The van der Waals surface area contributed by atoms with Crippen molar-refractivity contribution in [1.29, 1.82) is 0 Å². The number of ether oxygens (including phenoxy) is 1. The van der Waals surface area contributed by atoms with E-state index in [0.717, 1.165) is 0 Å². The molecule has 0 saturated carbocycles. The smallest absolute Gasteiger partial charge is 0.261 e. The van der Waals surface area contributed by atoms with Crippen molar-refractivity contribution < 1.29 is 13.2 Å². The van der Waals surface area contributed by atoms with Crippen LogP contribution in [0.1, 0.15) is 0 Å². The summed E-state index contributed by atoms with van der Waals surface area (Å²) in [7, 11) is -3.65.